The second-order valence-corrected chi connectivity index (χ2v) is 8.42. The van der Waals surface area contributed by atoms with Crippen LogP contribution in [-0.4, -0.2) is 26.7 Å². The maximum Gasteiger partial charge on any atom is 0.416 e. The van der Waals surface area contributed by atoms with Crippen LogP contribution in [0, 0.1) is 0 Å². The number of amides is 1. The molecule has 0 unspecified atom stereocenters. The number of aliphatic imine (C=N–C) groups is 1. The summed E-state index contributed by atoms with van der Waals surface area (Å²) < 4.78 is 64.0. The zero-order valence-corrected chi connectivity index (χ0v) is 16.7. The lowest BCUT2D eigenvalue weighted by molar-refractivity contribution is -0.137. The average Bonchev–Trinajstić information content (AvgIpc) is 2.95. The van der Waals surface area contributed by atoms with Crippen LogP contribution >= 0.6 is 0 Å². The number of sulfonamides is 1. The summed E-state index contributed by atoms with van der Waals surface area (Å²) in [5.74, 6) is 0.0456. The molecule has 2 aromatic rings. The largest absolute Gasteiger partial charge is 0.416 e. The topological polar surface area (TPSA) is 87.6 Å². The summed E-state index contributed by atoms with van der Waals surface area (Å²) in [5, 5.41) is 2.57. The molecule has 0 saturated carbocycles. The number of fused-ring (bicyclic) bond motifs is 1. The van der Waals surface area contributed by atoms with Crippen molar-refractivity contribution >= 4 is 27.5 Å². The molecule has 10 heteroatoms. The van der Waals surface area contributed by atoms with Crippen LogP contribution in [0.3, 0.4) is 0 Å². The Hall–Kier alpha value is -2.88. The number of benzene rings is 2. The fraction of sp³-hybridized carbons (Fsp3) is 0.300. The van der Waals surface area contributed by atoms with Crippen LogP contribution in [0.15, 0.2) is 58.4 Å². The van der Waals surface area contributed by atoms with Crippen LogP contribution in [-0.2, 0) is 21.0 Å². The molecule has 30 heavy (non-hydrogen) atoms. The summed E-state index contributed by atoms with van der Waals surface area (Å²) in [4.78, 5) is 16.4. The van der Waals surface area contributed by atoms with E-state index in [0.29, 0.717) is 42.9 Å². The fourth-order valence-corrected chi connectivity index (χ4v) is 4.23. The Morgan fingerprint density at radius 2 is 1.70 bits per heavy atom. The van der Waals surface area contributed by atoms with Gasteiger partial charge in [-0.15, -0.1) is 0 Å². The van der Waals surface area contributed by atoms with Gasteiger partial charge in [-0.05, 0) is 49.2 Å². The highest BCUT2D eigenvalue weighted by molar-refractivity contribution is 7.90. The number of halogens is 3. The van der Waals surface area contributed by atoms with E-state index in [-0.39, 0.29) is 17.2 Å². The first kappa shape index (κ1) is 21.8. The molecule has 0 bridgehead atoms. The van der Waals surface area contributed by atoms with E-state index in [1.165, 1.54) is 18.2 Å². The van der Waals surface area contributed by atoms with E-state index in [2.05, 4.69) is 15.0 Å². The van der Waals surface area contributed by atoms with Gasteiger partial charge in [0.2, 0.25) is 5.91 Å². The standard InChI is InChI=1S/C20H20F3N3O3S/c21-20(22,23)14-9-11-15(12-10-14)25-18(27)8-2-1-5-13-24-19-16-6-3-4-7-17(16)30(28,29)26-19/h3-4,6-7,9-12H,1-2,5,8,13H2,(H,24,26)(H,25,27). The number of nitrogens with zero attached hydrogens (tertiary/aromatic N) is 1. The molecule has 0 aliphatic carbocycles. The van der Waals surface area contributed by atoms with Crippen molar-refractivity contribution < 1.29 is 26.4 Å². The number of rotatable bonds is 7. The highest BCUT2D eigenvalue weighted by Crippen LogP contribution is 2.29. The summed E-state index contributed by atoms with van der Waals surface area (Å²) >= 11 is 0. The highest BCUT2D eigenvalue weighted by atomic mass is 32.2. The molecule has 0 saturated heterocycles. The smallest absolute Gasteiger partial charge is 0.326 e. The van der Waals surface area contributed by atoms with E-state index in [4.69, 9.17) is 0 Å². The molecule has 1 heterocycles. The summed E-state index contributed by atoms with van der Waals surface area (Å²) in [6, 6.07) is 10.9. The molecule has 6 nitrogen and oxygen atoms in total. The summed E-state index contributed by atoms with van der Waals surface area (Å²) in [6.45, 7) is 0.409. The van der Waals surface area contributed by atoms with Crippen LogP contribution in [0.1, 0.15) is 36.8 Å². The Labute approximate surface area is 172 Å². The van der Waals surface area contributed by atoms with Crippen molar-refractivity contribution in [2.45, 2.75) is 36.8 Å². The highest BCUT2D eigenvalue weighted by Gasteiger charge is 2.30. The first-order valence-corrected chi connectivity index (χ1v) is 10.8. The molecule has 2 aromatic carbocycles. The van der Waals surface area contributed by atoms with E-state index in [9.17, 15) is 26.4 Å². The lowest BCUT2D eigenvalue weighted by atomic mass is 10.1. The Morgan fingerprint density at radius 3 is 2.40 bits per heavy atom. The molecule has 0 fully saturated rings. The van der Waals surface area contributed by atoms with Crippen LogP contribution in [0.2, 0.25) is 0 Å². The van der Waals surface area contributed by atoms with E-state index in [1.54, 1.807) is 18.2 Å². The van der Waals surface area contributed by atoms with Gasteiger partial charge < -0.3 is 5.32 Å². The second kappa shape index (κ2) is 8.86. The molecule has 1 aliphatic heterocycles. The average molecular weight is 439 g/mol. The summed E-state index contributed by atoms with van der Waals surface area (Å²) in [5.41, 5.74) is 0.0919. The zero-order chi connectivity index (χ0) is 21.8. The minimum absolute atomic E-state index is 0.212. The molecule has 1 amide bonds. The van der Waals surface area contributed by atoms with Crippen molar-refractivity contribution in [3.8, 4) is 0 Å². The third kappa shape index (κ3) is 5.38. The van der Waals surface area contributed by atoms with Gasteiger partial charge in [-0.25, -0.2) is 8.42 Å². The number of nitrogens with one attached hydrogen (secondary N) is 2. The molecule has 0 spiro atoms. The van der Waals surface area contributed by atoms with E-state index < -0.39 is 21.8 Å². The van der Waals surface area contributed by atoms with Gasteiger partial charge in [-0.3, -0.25) is 14.5 Å². The number of carbonyl (C=O) groups excluding carboxylic acids is 1. The summed E-state index contributed by atoms with van der Waals surface area (Å²) in [7, 11) is -3.55. The van der Waals surface area contributed by atoms with Gasteiger partial charge >= 0.3 is 6.18 Å². The molecule has 0 aromatic heterocycles. The second-order valence-electron chi connectivity index (χ2n) is 6.77. The Balaban J connectivity index is 1.40. The lowest BCUT2D eigenvalue weighted by Gasteiger charge is -2.08. The molecule has 0 atom stereocenters. The number of hydrogen-bond acceptors (Lipinski definition) is 4. The van der Waals surface area contributed by atoms with Crippen molar-refractivity contribution in [2.24, 2.45) is 4.99 Å². The van der Waals surface area contributed by atoms with E-state index >= 15 is 0 Å². The maximum absolute atomic E-state index is 12.5. The Kier molecular flexibility index (Phi) is 6.45. The van der Waals surface area contributed by atoms with Gasteiger partial charge in [0.15, 0.2) is 0 Å². The SMILES string of the molecule is O=C(CCCCCN=C1NS(=O)(=O)c2ccccc21)Nc1ccc(C(F)(F)F)cc1. The van der Waals surface area contributed by atoms with E-state index in [0.717, 1.165) is 12.1 Å². The Morgan fingerprint density at radius 1 is 1.00 bits per heavy atom. The van der Waals surface area contributed by atoms with Crippen molar-refractivity contribution in [1.29, 1.82) is 0 Å². The number of anilines is 1. The number of alkyl halides is 3. The van der Waals surface area contributed by atoms with Crippen LogP contribution in [0.5, 0.6) is 0 Å². The molecule has 1 aliphatic rings. The van der Waals surface area contributed by atoms with Crippen LogP contribution < -0.4 is 10.0 Å². The zero-order valence-electron chi connectivity index (χ0n) is 15.9. The Bertz CT molecular complexity index is 1050. The third-order valence-corrected chi connectivity index (χ3v) is 5.89. The van der Waals surface area contributed by atoms with Gasteiger partial charge in [0, 0.05) is 24.2 Å². The fourth-order valence-electron chi connectivity index (χ4n) is 2.98. The number of unbranched alkanes of at least 4 members (excludes halogenated alkanes) is 2. The van der Waals surface area contributed by atoms with Gasteiger partial charge in [0.1, 0.15) is 5.84 Å². The molecular formula is C20H20F3N3O3S. The van der Waals surface area contributed by atoms with Gasteiger partial charge in [0.05, 0.1) is 10.5 Å². The van der Waals surface area contributed by atoms with Crippen LogP contribution in [0.4, 0.5) is 18.9 Å². The van der Waals surface area contributed by atoms with Gasteiger partial charge in [0.25, 0.3) is 10.0 Å². The van der Waals surface area contributed by atoms with Gasteiger partial charge in [-0.2, -0.15) is 13.2 Å². The van der Waals surface area contributed by atoms with Crippen molar-refractivity contribution in [2.75, 3.05) is 11.9 Å². The minimum Gasteiger partial charge on any atom is -0.326 e. The maximum atomic E-state index is 12.5. The molecule has 0 radical (unpaired) electrons. The third-order valence-electron chi connectivity index (χ3n) is 4.49. The first-order chi connectivity index (χ1) is 14.2. The van der Waals surface area contributed by atoms with Crippen molar-refractivity contribution in [1.82, 2.24) is 4.72 Å². The van der Waals surface area contributed by atoms with Gasteiger partial charge in [-0.1, -0.05) is 18.6 Å². The predicted molar refractivity (Wildman–Crippen MR) is 107 cm³/mol. The molecular weight excluding hydrogens is 419 g/mol. The number of carbonyl (C=O) groups is 1. The predicted octanol–water partition coefficient (Wildman–Crippen LogP) is 3.94. The number of hydrogen-bond donors (Lipinski definition) is 2. The first-order valence-electron chi connectivity index (χ1n) is 9.30. The normalized spacial score (nSPS) is 16.2. The lowest BCUT2D eigenvalue weighted by Crippen LogP contribution is -2.22. The van der Waals surface area contributed by atoms with E-state index in [1.807, 2.05) is 0 Å². The summed E-state index contributed by atoms with van der Waals surface area (Å²) in [6.07, 6.45) is -2.23. The molecule has 2 N–H and O–H groups in total. The van der Waals surface area contributed by atoms with Crippen molar-refractivity contribution in [3.05, 3.63) is 59.7 Å². The number of amidine groups is 1. The monoisotopic (exact) mass is 439 g/mol. The molecule has 160 valence electrons. The minimum atomic E-state index is -4.41. The molecule has 3 rings (SSSR count). The quantitative estimate of drug-likeness (QED) is 0.641. The van der Waals surface area contributed by atoms with Crippen molar-refractivity contribution in [3.63, 3.8) is 0 Å². The van der Waals surface area contributed by atoms with Crippen LogP contribution in [0.25, 0.3) is 0 Å².